The number of rotatable bonds is 3. The van der Waals surface area contributed by atoms with Crippen molar-refractivity contribution in [3.05, 3.63) is 47.5 Å². The molecule has 0 aliphatic carbocycles. The van der Waals surface area contributed by atoms with Crippen LogP contribution in [-0.2, 0) is 5.60 Å². The summed E-state index contributed by atoms with van der Waals surface area (Å²) in [5.74, 6) is 0. The molecule has 1 heterocycles. The molecule has 0 saturated carbocycles. The van der Waals surface area contributed by atoms with Crippen molar-refractivity contribution in [2.75, 3.05) is 22.2 Å². The van der Waals surface area contributed by atoms with Gasteiger partial charge in [0.25, 0.3) is 0 Å². The highest BCUT2D eigenvalue weighted by Gasteiger charge is 2.40. The maximum absolute atomic E-state index is 10.8. The van der Waals surface area contributed by atoms with Gasteiger partial charge >= 0.3 is 0 Å². The first kappa shape index (κ1) is 21.0. The summed E-state index contributed by atoms with van der Waals surface area (Å²) >= 11 is 0. The molecule has 6 heteroatoms. The summed E-state index contributed by atoms with van der Waals surface area (Å²) in [5, 5.41) is 10.4. The van der Waals surface area contributed by atoms with Crippen LogP contribution in [0.5, 0.6) is 0 Å². The summed E-state index contributed by atoms with van der Waals surface area (Å²) in [4.78, 5) is 0. The number of nitrogens with zero attached hydrogens (tertiary/aromatic N) is 2. The van der Waals surface area contributed by atoms with E-state index >= 15 is 0 Å². The molecule has 0 atom stereocenters. The van der Waals surface area contributed by atoms with E-state index in [2.05, 4.69) is 20.8 Å². The zero-order chi connectivity index (χ0) is 21.1. The summed E-state index contributed by atoms with van der Waals surface area (Å²) in [6, 6.07) is 11.9. The Morgan fingerprint density at radius 1 is 0.929 bits per heavy atom. The number of aliphatic hydroxyl groups is 1. The van der Waals surface area contributed by atoms with E-state index in [4.69, 9.17) is 0 Å². The van der Waals surface area contributed by atoms with Crippen molar-refractivity contribution in [2.45, 2.75) is 47.1 Å². The van der Waals surface area contributed by atoms with Crippen molar-refractivity contribution in [1.82, 2.24) is 0 Å². The van der Waals surface area contributed by atoms with E-state index in [1.54, 1.807) is 29.5 Å². The van der Waals surface area contributed by atoms with Crippen LogP contribution in [0.1, 0.15) is 45.7 Å². The van der Waals surface area contributed by atoms with Crippen molar-refractivity contribution in [3.8, 4) is 11.1 Å². The van der Waals surface area contributed by atoms with Crippen LogP contribution in [0.3, 0.4) is 0 Å². The van der Waals surface area contributed by atoms with E-state index in [0.717, 1.165) is 33.6 Å². The van der Waals surface area contributed by atoms with Crippen molar-refractivity contribution in [1.29, 1.82) is 0 Å². The molecule has 0 aromatic heterocycles. The maximum atomic E-state index is 10.8. The Balaban J connectivity index is 2.10. The molecule has 0 amide bonds. The third kappa shape index (κ3) is 3.74. The first-order valence-electron chi connectivity index (χ1n) is 9.49. The molecule has 0 spiro atoms. The number of hydrogen-bond acceptors (Lipinski definition) is 5. The summed E-state index contributed by atoms with van der Waals surface area (Å²) in [7, 11) is -1.35. The minimum Gasteiger partial charge on any atom is -0.386 e. The zero-order valence-electron chi connectivity index (χ0n) is 17.8. The Morgan fingerprint density at radius 2 is 1.57 bits per heavy atom. The normalized spacial score (nSPS) is 17.6. The Hall–Kier alpha value is -1.73. The smallest absolute Gasteiger partial charge is 0.0840 e. The average Bonchev–Trinajstić information content (AvgIpc) is 2.73. The Kier molecular flexibility index (Phi) is 4.99. The van der Waals surface area contributed by atoms with Crippen LogP contribution < -0.4 is 8.61 Å². The van der Waals surface area contributed by atoms with E-state index in [9.17, 15) is 14.2 Å². The molecule has 5 nitrogen and oxygen atoms in total. The first-order chi connectivity index (χ1) is 12.7. The van der Waals surface area contributed by atoms with E-state index in [1.165, 1.54) is 0 Å². The van der Waals surface area contributed by atoms with Gasteiger partial charge in [-0.05, 0) is 77.6 Å². The number of aryl methyl sites for hydroxylation is 1. The fraction of sp³-hybridized carbons (Fsp3) is 0.455. The monoisotopic (exact) mass is 404 g/mol. The molecule has 0 fully saturated rings. The second-order valence-corrected chi connectivity index (χ2v) is 11.3. The predicted molar refractivity (Wildman–Crippen MR) is 120 cm³/mol. The fourth-order valence-corrected chi connectivity index (χ4v) is 5.17. The van der Waals surface area contributed by atoms with Crippen LogP contribution >= 0.6 is 11.0 Å². The molecule has 0 bridgehead atoms. The summed E-state index contributed by atoms with van der Waals surface area (Å²) in [6.45, 7) is 12.4. The van der Waals surface area contributed by atoms with Crippen LogP contribution in [0, 0.1) is 12.3 Å². The van der Waals surface area contributed by atoms with Gasteiger partial charge in [-0.25, -0.2) is 0 Å². The molecular formula is C22H32N2O3S. The molecular weight excluding hydrogens is 372 g/mol. The lowest BCUT2D eigenvalue weighted by Gasteiger charge is -2.44. The van der Waals surface area contributed by atoms with Crippen LogP contribution in [0.4, 0.5) is 11.4 Å². The van der Waals surface area contributed by atoms with E-state index in [1.807, 2.05) is 43.3 Å². The quantitative estimate of drug-likeness (QED) is 0.606. The maximum Gasteiger partial charge on any atom is 0.0840 e. The molecule has 1 aliphatic heterocycles. The third-order valence-electron chi connectivity index (χ3n) is 5.12. The van der Waals surface area contributed by atoms with Gasteiger partial charge < -0.3 is 5.11 Å². The van der Waals surface area contributed by atoms with Crippen LogP contribution in [0.15, 0.2) is 36.4 Å². The molecule has 0 radical (unpaired) electrons. The molecule has 0 unspecified atom stereocenters. The highest BCUT2D eigenvalue weighted by molar-refractivity contribution is 8.26. The van der Waals surface area contributed by atoms with Gasteiger partial charge in [0.15, 0.2) is 0 Å². The molecule has 2 aromatic carbocycles. The number of fused-ring (bicyclic) bond motifs is 1. The van der Waals surface area contributed by atoms with Crippen LogP contribution in [0.2, 0.25) is 0 Å². The second-order valence-electron chi connectivity index (χ2n) is 9.38. The highest BCUT2D eigenvalue weighted by Crippen LogP contribution is 2.61. The molecule has 0 saturated heterocycles. The largest absolute Gasteiger partial charge is 0.386 e. The summed E-state index contributed by atoms with van der Waals surface area (Å²) in [6.07, 6.45) is 0. The van der Waals surface area contributed by atoms with Gasteiger partial charge in [0.1, 0.15) is 0 Å². The number of anilines is 2. The van der Waals surface area contributed by atoms with Gasteiger partial charge in [0, 0.05) is 13.6 Å². The van der Waals surface area contributed by atoms with Crippen molar-refractivity contribution >= 4 is 22.3 Å². The molecule has 154 valence electrons. The topological polar surface area (TPSA) is 67.2 Å². The number of hydrogen-bond donors (Lipinski definition) is 3. The standard InChI is InChI=1S/C22H32N2O3S/c1-15-8-10-17(22(5,6)25)13-18(15)16-9-11-19-20(12-16)23(7)28(26,27)24(19)14-21(2,3)4/h8-13,25-27H,14H2,1-7H3. The lowest BCUT2D eigenvalue weighted by Crippen LogP contribution is -2.36. The SMILES string of the molecule is Cc1ccc(C(C)(C)O)cc1-c1ccc2c(c1)N(C)S(O)(O)N2CC(C)(C)C. The van der Waals surface area contributed by atoms with Crippen molar-refractivity contribution in [2.24, 2.45) is 5.41 Å². The third-order valence-corrected chi connectivity index (χ3v) is 6.97. The van der Waals surface area contributed by atoms with Gasteiger partial charge in [0.05, 0.1) is 17.0 Å². The lowest BCUT2D eigenvalue weighted by atomic mass is 9.91. The predicted octanol–water partition coefficient (Wildman–Crippen LogP) is 5.77. The fourth-order valence-electron chi connectivity index (χ4n) is 3.48. The Labute approximate surface area is 170 Å². The Bertz CT molecular complexity index is 898. The van der Waals surface area contributed by atoms with Gasteiger partial charge in [-0.1, -0.05) is 39.0 Å². The second kappa shape index (κ2) is 6.66. The van der Waals surface area contributed by atoms with Crippen molar-refractivity contribution < 1.29 is 14.2 Å². The minimum atomic E-state index is -3.07. The zero-order valence-corrected chi connectivity index (χ0v) is 18.6. The highest BCUT2D eigenvalue weighted by atomic mass is 32.3. The summed E-state index contributed by atoms with van der Waals surface area (Å²) in [5.41, 5.74) is 4.60. The average molecular weight is 405 g/mol. The molecule has 2 aromatic rings. The van der Waals surface area contributed by atoms with Gasteiger partial charge in [-0.15, -0.1) is 0 Å². The van der Waals surface area contributed by atoms with Gasteiger partial charge in [-0.2, -0.15) is 0 Å². The van der Waals surface area contributed by atoms with E-state index in [0.29, 0.717) is 6.54 Å². The molecule has 1 aliphatic rings. The van der Waals surface area contributed by atoms with Crippen LogP contribution in [-0.4, -0.2) is 27.8 Å². The van der Waals surface area contributed by atoms with Gasteiger partial charge in [0.2, 0.25) is 0 Å². The van der Waals surface area contributed by atoms with Crippen LogP contribution in [0.25, 0.3) is 11.1 Å². The van der Waals surface area contributed by atoms with Crippen molar-refractivity contribution in [3.63, 3.8) is 0 Å². The van der Waals surface area contributed by atoms with Gasteiger partial charge in [-0.3, -0.25) is 17.7 Å². The number of benzene rings is 2. The van der Waals surface area contributed by atoms with E-state index in [-0.39, 0.29) is 5.41 Å². The minimum absolute atomic E-state index is 0.0809. The lowest BCUT2D eigenvalue weighted by molar-refractivity contribution is 0.0786. The Morgan fingerprint density at radius 3 is 2.14 bits per heavy atom. The first-order valence-corrected chi connectivity index (χ1v) is 11.0. The molecule has 3 N–H and O–H groups in total. The molecule has 28 heavy (non-hydrogen) atoms. The van der Waals surface area contributed by atoms with E-state index < -0.39 is 16.6 Å². The summed E-state index contributed by atoms with van der Waals surface area (Å²) < 4.78 is 25.0. The molecule has 3 rings (SSSR count).